The lowest BCUT2D eigenvalue weighted by atomic mass is 10.1. The molecule has 1 aromatic heterocycles. The minimum Gasteiger partial charge on any atom is -0.234 e. The molecule has 0 atom stereocenters. The molecular weight excluding hydrogens is 316 g/mol. The minimum atomic E-state index is 0.990. The molecule has 0 aliphatic rings. The molecule has 0 unspecified atom stereocenters. The first kappa shape index (κ1) is 20.7. The second-order valence-electron chi connectivity index (χ2n) is 7.60. The number of aromatic nitrogens is 2. The number of rotatable bonds is 14. The lowest BCUT2D eigenvalue weighted by Crippen LogP contribution is -2.37. The molecule has 0 radical (unpaired) electrons. The Morgan fingerprint density at radius 1 is 0.769 bits per heavy atom. The van der Waals surface area contributed by atoms with Gasteiger partial charge in [-0.25, -0.2) is 9.13 Å². The summed E-state index contributed by atoms with van der Waals surface area (Å²) in [5.41, 5.74) is 1.39. The van der Waals surface area contributed by atoms with E-state index in [4.69, 9.17) is 0 Å². The zero-order chi connectivity index (χ0) is 18.5. The van der Waals surface area contributed by atoms with Crippen molar-refractivity contribution in [2.24, 2.45) is 0 Å². The Labute approximate surface area is 161 Å². The van der Waals surface area contributed by atoms with Gasteiger partial charge >= 0.3 is 0 Å². The van der Waals surface area contributed by atoms with Gasteiger partial charge in [0.15, 0.2) is 0 Å². The Morgan fingerprint density at radius 2 is 1.42 bits per heavy atom. The Balaban J connectivity index is 1.78. The molecule has 1 heterocycles. The molecule has 0 saturated heterocycles. The van der Waals surface area contributed by atoms with E-state index in [1.165, 1.54) is 82.0 Å². The maximum absolute atomic E-state index is 2.47. The molecule has 0 aliphatic carbocycles. The third kappa shape index (κ3) is 7.35. The summed E-state index contributed by atoms with van der Waals surface area (Å²) in [6.07, 6.45) is 19.5. The van der Waals surface area contributed by atoms with Crippen LogP contribution in [0.25, 0.3) is 0 Å². The molecule has 0 aliphatic heterocycles. The van der Waals surface area contributed by atoms with E-state index in [0.717, 1.165) is 13.1 Å². The molecule has 2 rings (SSSR count). The molecule has 0 spiro atoms. The van der Waals surface area contributed by atoms with Crippen LogP contribution in [0.5, 0.6) is 0 Å². The largest absolute Gasteiger partial charge is 0.256 e. The quantitative estimate of drug-likeness (QED) is 0.277. The highest BCUT2D eigenvalue weighted by Crippen LogP contribution is 2.12. The minimum absolute atomic E-state index is 0.990. The second kappa shape index (κ2) is 12.7. The molecule has 2 aromatic rings. The fraction of sp³-hybridized carbons (Fsp3) is 0.625. The van der Waals surface area contributed by atoms with E-state index in [1.54, 1.807) is 0 Å². The van der Waals surface area contributed by atoms with E-state index < -0.39 is 0 Å². The van der Waals surface area contributed by atoms with Gasteiger partial charge in [0.05, 0.1) is 6.54 Å². The van der Waals surface area contributed by atoms with Crippen LogP contribution >= 0.6 is 0 Å². The number of hydrogen-bond donors (Lipinski definition) is 0. The first-order valence-corrected chi connectivity index (χ1v) is 11.0. The number of nitrogens with zero attached hydrogens (tertiary/aromatic N) is 2. The third-order valence-electron chi connectivity index (χ3n) is 5.25. The number of unbranched alkanes of at least 4 members (excludes halogenated alkanes) is 8. The van der Waals surface area contributed by atoms with Crippen LogP contribution in [0.4, 0.5) is 0 Å². The molecule has 1 aromatic carbocycles. The first-order valence-electron chi connectivity index (χ1n) is 11.0. The number of benzene rings is 1. The average molecular weight is 356 g/mol. The van der Waals surface area contributed by atoms with Crippen molar-refractivity contribution < 1.29 is 4.57 Å². The van der Waals surface area contributed by atoms with Gasteiger partial charge < -0.3 is 0 Å². The standard InChI is InChI=1S/C24H39N2/c1-3-5-6-7-8-9-10-11-15-18-24-25(19-4-2)20-21-26(24)22-23-16-13-12-14-17-23/h12-14,16-17,20-21H,3-11,15,18-19,22H2,1-2H3/q+1. The van der Waals surface area contributed by atoms with Gasteiger partial charge in [-0.2, -0.15) is 0 Å². The van der Waals surface area contributed by atoms with Gasteiger partial charge in [-0.1, -0.05) is 95.5 Å². The molecule has 0 amide bonds. The zero-order valence-corrected chi connectivity index (χ0v) is 17.1. The van der Waals surface area contributed by atoms with Crippen LogP contribution in [-0.2, 0) is 19.5 Å². The molecule has 0 bridgehead atoms. The van der Waals surface area contributed by atoms with Gasteiger partial charge in [-0.3, -0.25) is 0 Å². The molecule has 2 nitrogen and oxygen atoms in total. The summed E-state index contributed by atoms with van der Waals surface area (Å²) in [6, 6.07) is 10.8. The van der Waals surface area contributed by atoms with Gasteiger partial charge in [0.1, 0.15) is 18.9 Å². The van der Waals surface area contributed by atoms with E-state index in [2.05, 4.69) is 65.7 Å². The van der Waals surface area contributed by atoms with Crippen molar-refractivity contribution in [2.75, 3.05) is 0 Å². The van der Waals surface area contributed by atoms with E-state index >= 15 is 0 Å². The van der Waals surface area contributed by atoms with Crippen molar-refractivity contribution in [3.63, 3.8) is 0 Å². The molecule has 0 fully saturated rings. The predicted molar refractivity (Wildman–Crippen MR) is 111 cm³/mol. The number of imidazole rings is 1. The summed E-state index contributed by atoms with van der Waals surface area (Å²) in [5.74, 6) is 1.50. The zero-order valence-electron chi connectivity index (χ0n) is 17.1. The summed E-state index contributed by atoms with van der Waals surface area (Å²) in [4.78, 5) is 0. The lowest BCUT2D eigenvalue weighted by molar-refractivity contribution is -0.703. The monoisotopic (exact) mass is 355 g/mol. The molecular formula is C24H39N2+. The summed E-state index contributed by atoms with van der Waals surface area (Å²) in [7, 11) is 0. The van der Waals surface area contributed by atoms with Crippen molar-refractivity contribution in [1.29, 1.82) is 0 Å². The van der Waals surface area contributed by atoms with Crippen molar-refractivity contribution in [3.05, 3.63) is 54.1 Å². The fourth-order valence-electron chi connectivity index (χ4n) is 3.75. The molecule has 144 valence electrons. The van der Waals surface area contributed by atoms with Crippen LogP contribution in [-0.4, -0.2) is 4.57 Å². The van der Waals surface area contributed by atoms with Crippen LogP contribution < -0.4 is 4.57 Å². The van der Waals surface area contributed by atoms with Gasteiger partial charge in [0.2, 0.25) is 0 Å². The van der Waals surface area contributed by atoms with E-state index in [9.17, 15) is 0 Å². The maximum atomic E-state index is 2.47. The van der Waals surface area contributed by atoms with E-state index in [-0.39, 0.29) is 0 Å². The topological polar surface area (TPSA) is 8.81 Å². The Kier molecular flexibility index (Phi) is 10.2. The van der Waals surface area contributed by atoms with Crippen LogP contribution in [0.1, 0.15) is 89.4 Å². The molecule has 26 heavy (non-hydrogen) atoms. The highest BCUT2D eigenvalue weighted by molar-refractivity contribution is 5.15. The molecule has 0 saturated carbocycles. The van der Waals surface area contributed by atoms with Crippen molar-refractivity contribution in [3.8, 4) is 0 Å². The van der Waals surface area contributed by atoms with Crippen molar-refractivity contribution in [1.82, 2.24) is 4.57 Å². The highest BCUT2D eigenvalue weighted by atomic mass is 15.1. The van der Waals surface area contributed by atoms with E-state index in [0.29, 0.717) is 0 Å². The number of hydrogen-bond acceptors (Lipinski definition) is 0. The van der Waals surface area contributed by atoms with Crippen LogP contribution in [0, 0.1) is 0 Å². The van der Waals surface area contributed by atoms with Crippen LogP contribution in [0.3, 0.4) is 0 Å². The maximum Gasteiger partial charge on any atom is 0.256 e. The lowest BCUT2D eigenvalue weighted by Gasteiger charge is -2.06. The second-order valence-corrected chi connectivity index (χ2v) is 7.60. The van der Waals surface area contributed by atoms with Gasteiger partial charge in [-0.15, -0.1) is 0 Å². The Morgan fingerprint density at radius 3 is 2.08 bits per heavy atom. The normalized spacial score (nSPS) is 11.2. The molecule has 0 N–H and O–H groups in total. The van der Waals surface area contributed by atoms with E-state index in [1.807, 2.05) is 0 Å². The third-order valence-corrected chi connectivity index (χ3v) is 5.25. The Bertz CT molecular complexity index is 586. The average Bonchev–Trinajstić information content (AvgIpc) is 3.03. The van der Waals surface area contributed by atoms with Crippen LogP contribution in [0.15, 0.2) is 42.7 Å². The molecule has 2 heteroatoms. The summed E-state index contributed by atoms with van der Waals surface area (Å²) in [5, 5.41) is 0. The fourth-order valence-corrected chi connectivity index (χ4v) is 3.75. The van der Waals surface area contributed by atoms with Crippen molar-refractivity contribution in [2.45, 2.75) is 97.6 Å². The first-order chi connectivity index (χ1) is 12.8. The van der Waals surface area contributed by atoms with Gasteiger partial charge in [0, 0.05) is 6.42 Å². The summed E-state index contributed by atoms with van der Waals surface area (Å²) in [6.45, 7) is 6.68. The summed E-state index contributed by atoms with van der Waals surface area (Å²) < 4.78 is 4.92. The smallest absolute Gasteiger partial charge is 0.234 e. The SMILES string of the molecule is CCCCCCCCCCCc1n(Cc2ccccc2)cc[n+]1CCC. The van der Waals surface area contributed by atoms with Gasteiger partial charge in [0.25, 0.3) is 5.82 Å². The Hall–Kier alpha value is -1.57. The van der Waals surface area contributed by atoms with Crippen molar-refractivity contribution >= 4 is 0 Å². The highest BCUT2D eigenvalue weighted by Gasteiger charge is 2.16. The predicted octanol–water partition coefficient (Wildman–Crippen LogP) is 6.31. The van der Waals surface area contributed by atoms with Crippen LogP contribution in [0.2, 0.25) is 0 Å². The summed E-state index contributed by atoms with van der Waals surface area (Å²) >= 11 is 0. The van der Waals surface area contributed by atoms with Gasteiger partial charge in [-0.05, 0) is 18.4 Å². The number of aryl methyl sites for hydroxylation is 1.